The molecule has 122 valence electrons. The Kier molecular flexibility index (Phi) is 6.53. The first kappa shape index (κ1) is 16.8. The largest absolute Gasteiger partial charge is 0.353 e. The van der Waals surface area contributed by atoms with E-state index in [2.05, 4.69) is 17.6 Å². The van der Waals surface area contributed by atoms with E-state index in [1.807, 2.05) is 7.05 Å². The summed E-state index contributed by atoms with van der Waals surface area (Å²) < 4.78 is 0. The Balaban J connectivity index is 1.86. The second-order valence-electron chi connectivity index (χ2n) is 7.25. The molecule has 21 heavy (non-hydrogen) atoms. The van der Waals surface area contributed by atoms with Crippen LogP contribution in [0.25, 0.3) is 0 Å². The molecule has 0 saturated heterocycles. The van der Waals surface area contributed by atoms with Gasteiger partial charge in [0.25, 0.3) is 0 Å². The minimum Gasteiger partial charge on any atom is -0.353 e. The zero-order valence-corrected chi connectivity index (χ0v) is 14.0. The number of carbonyl (C=O) groups excluding carboxylic acids is 1. The van der Waals surface area contributed by atoms with E-state index in [-0.39, 0.29) is 11.4 Å². The molecule has 2 N–H and O–H groups in total. The summed E-state index contributed by atoms with van der Waals surface area (Å²) >= 11 is 0. The molecule has 1 atom stereocenters. The van der Waals surface area contributed by atoms with E-state index in [1.54, 1.807) is 0 Å². The van der Waals surface area contributed by atoms with Crippen molar-refractivity contribution in [2.45, 2.75) is 95.6 Å². The van der Waals surface area contributed by atoms with Crippen molar-refractivity contribution in [3.05, 3.63) is 0 Å². The van der Waals surface area contributed by atoms with E-state index in [9.17, 15) is 4.79 Å². The molecule has 2 fully saturated rings. The molecule has 0 heterocycles. The molecule has 0 spiro atoms. The molecule has 2 rings (SSSR count). The summed E-state index contributed by atoms with van der Waals surface area (Å²) in [6, 6.07) is 0.398. The molecule has 3 nitrogen and oxygen atoms in total. The van der Waals surface area contributed by atoms with Crippen molar-refractivity contribution < 1.29 is 4.79 Å². The van der Waals surface area contributed by atoms with Gasteiger partial charge in [-0.3, -0.25) is 4.79 Å². The highest BCUT2D eigenvalue weighted by Crippen LogP contribution is 2.31. The molecule has 0 aromatic heterocycles. The second kappa shape index (κ2) is 8.17. The second-order valence-corrected chi connectivity index (χ2v) is 7.25. The SMILES string of the molecule is CCC(NC(=O)CC1(NC)CCCCC1)C1CCCCC1. The lowest BCUT2D eigenvalue weighted by Gasteiger charge is -2.38. The van der Waals surface area contributed by atoms with E-state index < -0.39 is 0 Å². The first-order chi connectivity index (χ1) is 10.2. The highest BCUT2D eigenvalue weighted by molar-refractivity contribution is 5.77. The number of amides is 1. The maximum Gasteiger partial charge on any atom is 0.222 e. The summed E-state index contributed by atoms with van der Waals surface area (Å²) in [5, 5.41) is 6.82. The molecule has 1 unspecified atom stereocenters. The summed E-state index contributed by atoms with van der Waals surface area (Å²) in [5.41, 5.74) is 0.0627. The molecule has 0 aromatic carbocycles. The van der Waals surface area contributed by atoms with Crippen LogP contribution in [0.15, 0.2) is 0 Å². The van der Waals surface area contributed by atoms with Gasteiger partial charge in [-0.25, -0.2) is 0 Å². The van der Waals surface area contributed by atoms with Crippen molar-refractivity contribution in [3.63, 3.8) is 0 Å². The van der Waals surface area contributed by atoms with Crippen molar-refractivity contribution in [1.29, 1.82) is 0 Å². The lowest BCUT2D eigenvalue weighted by Crippen LogP contribution is -2.50. The van der Waals surface area contributed by atoms with Gasteiger partial charge in [0.2, 0.25) is 5.91 Å². The monoisotopic (exact) mass is 294 g/mol. The third-order valence-corrected chi connectivity index (χ3v) is 5.85. The zero-order chi connectivity index (χ0) is 15.1. The highest BCUT2D eigenvalue weighted by atomic mass is 16.1. The molecule has 0 aromatic rings. The maximum absolute atomic E-state index is 12.5. The Morgan fingerprint density at radius 2 is 1.71 bits per heavy atom. The third-order valence-electron chi connectivity index (χ3n) is 5.85. The Hall–Kier alpha value is -0.570. The van der Waals surface area contributed by atoms with E-state index in [4.69, 9.17) is 0 Å². The average Bonchev–Trinajstić information content (AvgIpc) is 2.54. The molecule has 3 heteroatoms. The van der Waals surface area contributed by atoms with Crippen LogP contribution in [0.3, 0.4) is 0 Å². The molecule has 0 bridgehead atoms. The normalized spacial score (nSPS) is 24.5. The first-order valence-corrected chi connectivity index (χ1v) is 9.17. The lowest BCUT2D eigenvalue weighted by atomic mass is 9.78. The molecule has 2 aliphatic carbocycles. The van der Waals surface area contributed by atoms with Crippen molar-refractivity contribution in [3.8, 4) is 0 Å². The van der Waals surface area contributed by atoms with Crippen LogP contribution in [0.2, 0.25) is 0 Å². The maximum atomic E-state index is 12.5. The van der Waals surface area contributed by atoms with Gasteiger partial charge in [0.15, 0.2) is 0 Å². The standard InChI is InChI=1S/C18H34N2O/c1-3-16(15-10-6-4-7-11-15)20-17(21)14-18(19-2)12-8-5-9-13-18/h15-16,19H,3-14H2,1-2H3,(H,20,21). The molecular formula is C18H34N2O. The fraction of sp³-hybridized carbons (Fsp3) is 0.944. The minimum atomic E-state index is 0.0627. The van der Waals surface area contributed by atoms with Crippen LogP contribution in [-0.4, -0.2) is 24.5 Å². The summed E-state index contributed by atoms with van der Waals surface area (Å²) in [6.45, 7) is 2.22. The zero-order valence-electron chi connectivity index (χ0n) is 14.0. The number of carbonyl (C=O) groups is 1. The van der Waals surface area contributed by atoms with E-state index in [1.165, 1.54) is 51.4 Å². The van der Waals surface area contributed by atoms with E-state index >= 15 is 0 Å². The van der Waals surface area contributed by atoms with Crippen LogP contribution < -0.4 is 10.6 Å². The first-order valence-electron chi connectivity index (χ1n) is 9.17. The van der Waals surface area contributed by atoms with Gasteiger partial charge in [-0.15, -0.1) is 0 Å². The van der Waals surface area contributed by atoms with Gasteiger partial charge in [0, 0.05) is 18.0 Å². The van der Waals surface area contributed by atoms with Gasteiger partial charge < -0.3 is 10.6 Å². The van der Waals surface area contributed by atoms with Gasteiger partial charge in [0.1, 0.15) is 0 Å². The third kappa shape index (κ3) is 4.70. The molecule has 0 radical (unpaired) electrons. The topological polar surface area (TPSA) is 41.1 Å². The number of hydrogen-bond donors (Lipinski definition) is 2. The van der Waals surface area contributed by atoms with Crippen LogP contribution in [-0.2, 0) is 4.79 Å². The van der Waals surface area contributed by atoms with Gasteiger partial charge >= 0.3 is 0 Å². The van der Waals surface area contributed by atoms with E-state index in [0.29, 0.717) is 18.4 Å². The average molecular weight is 294 g/mol. The van der Waals surface area contributed by atoms with Gasteiger partial charge in [0.05, 0.1) is 0 Å². The molecule has 2 aliphatic rings. The quantitative estimate of drug-likeness (QED) is 0.783. The molecule has 2 saturated carbocycles. The predicted molar refractivity (Wildman–Crippen MR) is 88.3 cm³/mol. The summed E-state index contributed by atoms with van der Waals surface area (Å²) in [4.78, 5) is 12.5. The fourth-order valence-corrected chi connectivity index (χ4v) is 4.40. The highest BCUT2D eigenvalue weighted by Gasteiger charge is 2.33. The Morgan fingerprint density at radius 1 is 1.10 bits per heavy atom. The van der Waals surface area contributed by atoms with Crippen molar-refractivity contribution in [2.24, 2.45) is 5.92 Å². The lowest BCUT2D eigenvalue weighted by molar-refractivity contribution is -0.124. The Morgan fingerprint density at radius 3 is 2.29 bits per heavy atom. The Bertz CT molecular complexity index is 317. The Labute approximate surface area is 130 Å². The van der Waals surface area contributed by atoms with Gasteiger partial charge in [-0.2, -0.15) is 0 Å². The van der Waals surface area contributed by atoms with E-state index in [0.717, 1.165) is 19.3 Å². The van der Waals surface area contributed by atoms with Crippen molar-refractivity contribution >= 4 is 5.91 Å². The molecular weight excluding hydrogens is 260 g/mol. The van der Waals surface area contributed by atoms with Crippen LogP contribution in [0, 0.1) is 5.92 Å². The van der Waals surface area contributed by atoms with Crippen LogP contribution in [0.1, 0.15) is 84.0 Å². The molecule has 0 aliphatic heterocycles. The minimum absolute atomic E-state index is 0.0627. The van der Waals surface area contributed by atoms with Crippen molar-refractivity contribution in [1.82, 2.24) is 10.6 Å². The smallest absolute Gasteiger partial charge is 0.222 e. The van der Waals surface area contributed by atoms with Crippen LogP contribution in [0.4, 0.5) is 0 Å². The van der Waals surface area contributed by atoms with Gasteiger partial charge in [-0.05, 0) is 45.1 Å². The van der Waals surface area contributed by atoms with Crippen molar-refractivity contribution in [2.75, 3.05) is 7.05 Å². The molecule has 1 amide bonds. The summed E-state index contributed by atoms with van der Waals surface area (Å²) in [5.74, 6) is 0.980. The summed E-state index contributed by atoms with van der Waals surface area (Å²) in [6.07, 6.45) is 14.5. The summed E-state index contributed by atoms with van der Waals surface area (Å²) in [7, 11) is 2.02. The number of hydrogen-bond acceptors (Lipinski definition) is 2. The number of rotatable bonds is 6. The number of nitrogens with one attached hydrogen (secondary N) is 2. The van der Waals surface area contributed by atoms with Gasteiger partial charge in [-0.1, -0.05) is 45.4 Å². The van der Waals surface area contributed by atoms with Crippen LogP contribution >= 0.6 is 0 Å². The fourth-order valence-electron chi connectivity index (χ4n) is 4.40. The van der Waals surface area contributed by atoms with Crippen LogP contribution in [0.5, 0.6) is 0 Å². The predicted octanol–water partition coefficient (Wildman–Crippen LogP) is 3.77.